The van der Waals surface area contributed by atoms with Gasteiger partial charge in [-0.15, -0.1) is 11.3 Å². The van der Waals surface area contributed by atoms with E-state index >= 15 is 0 Å². The normalized spacial score (nSPS) is 10.3. The molecule has 2 aromatic rings. The van der Waals surface area contributed by atoms with Crippen molar-refractivity contribution in [3.05, 3.63) is 27.8 Å². The number of nitrogens with zero attached hydrogens (tertiary/aromatic N) is 2. The van der Waals surface area contributed by atoms with Crippen LogP contribution in [-0.2, 0) is 4.79 Å². The number of nitrogens with one attached hydrogen (secondary N) is 1. The van der Waals surface area contributed by atoms with E-state index in [9.17, 15) is 14.9 Å². The molecule has 0 fully saturated rings. The standard InChI is InChI=1S/C9H7N3O3S/c1-5(13)11-6-2-3-7-8(10-4-16-7)9(6)12(14)15/h2-4H,1H3,(H,11,13). The van der Waals surface area contributed by atoms with Crippen molar-refractivity contribution in [2.45, 2.75) is 6.92 Å². The second kappa shape index (κ2) is 3.86. The van der Waals surface area contributed by atoms with E-state index < -0.39 is 4.92 Å². The average Bonchev–Trinajstić information content (AvgIpc) is 2.63. The quantitative estimate of drug-likeness (QED) is 0.640. The largest absolute Gasteiger partial charge is 0.321 e. The number of hydrogen-bond acceptors (Lipinski definition) is 5. The van der Waals surface area contributed by atoms with Crippen molar-refractivity contribution >= 4 is 38.8 Å². The number of rotatable bonds is 2. The summed E-state index contributed by atoms with van der Waals surface area (Å²) in [4.78, 5) is 25.2. The molecule has 0 unspecified atom stereocenters. The maximum atomic E-state index is 10.9. The van der Waals surface area contributed by atoms with E-state index in [-0.39, 0.29) is 17.3 Å². The molecule has 0 atom stereocenters. The molecule has 0 radical (unpaired) electrons. The highest BCUT2D eigenvalue weighted by Crippen LogP contribution is 2.34. The van der Waals surface area contributed by atoms with E-state index in [1.165, 1.54) is 29.8 Å². The van der Waals surface area contributed by atoms with Crippen LogP contribution in [0.15, 0.2) is 17.6 Å². The van der Waals surface area contributed by atoms with Gasteiger partial charge in [0.1, 0.15) is 5.69 Å². The number of anilines is 1. The van der Waals surface area contributed by atoms with Crippen molar-refractivity contribution in [1.29, 1.82) is 0 Å². The lowest BCUT2D eigenvalue weighted by Gasteiger charge is -2.03. The number of amides is 1. The molecule has 1 aromatic heterocycles. The molecule has 0 saturated heterocycles. The first-order chi connectivity index (χ1) is 7.59. The minimum Gasteiger partial charge on any atom is -0.321 e. The van der Waals surface area contributed by atoms with Crippen LogP contribution in [0.4, 0.5) is 11.4 Å². The zero-order chi connectivity index (χ0) is 11.7. The summed E-state index contributed by atoms with van der Waals surface area (Å²) in [5.41, 5.74) is 1.86. The monoisotopic (exact) mass is 237 g/mol. The van der Waals surface area contributed by atoms with Crippen molar-refractivity contribution in [1.82, 2.24) is 4.98 Å². The van der Waals surface area contributed by atoms with Gasteiger partial charge in [-0.2, -0.15) is 0 Å². The van der Waals surface area contributed by atoms with E-state index in [2.05, 4.69) is 10.3 Å². The fourth-order valence-corrected chi connectivity index (χ4v) is 2.07. The molecule has 0 aliphatic carbocycles. The molecule has 82 valence electrons. The molecule has 0 bridgehead atoms. The van der Waals surface area contributed by atoms with Crippen LogP contribution in [0, 0.1) is 10.1 Å². The van der Waals surface area contributed by atoms with Crippen LogP contribution in [0.2, 0.25) is 0 Å². The Morgan fingerprint density at radius 2 is 2.31 bits per heavy atom. The summed E-state index contributed by atoms with van der Waals surface area (Å²) in [6.07, 6.45) is 0. The van der Waals surface area contributed by atoms with E-state index in [1.54, 1.807) is 6.07 Å². The Balaban J connectivity index is 2.68. The lowest BCUT2D eigenvalue weighted by molar-refractivity contribution is -0.382. The van der Waals surface area contributed by atoms with Crippen molar-refractivity contribution in [2.24, 2.45) is 0 Å². The van der Waals surface area contributed by atoms with Crippen LogP contribution < -0.4 is 5.32 Å². The van der Waals surface area contributed by atoms with Crippen LogP contribution in [0.3, 0.4) is 0 Å². The zero-order valence-electron chi connectivity index (χ0n) is 8.26. The minimum absolute atomic E-state index is 0.158. The second-order valence-electron chi connectivity index (χ2n) is 3.10. The number of fused-ring (bicyclic) bond motifs is 1. The summed E-state index contributed by atoms with van der Waals surface area (Å²) in [5, 5.41) is 13.4. The van der Waals surface area contributed by atoms with Crippen LogP contribution >= 0.6 is 11.3 Å². The molecule has 0 aliphatic rings. The Bertz CT molecular complexity index is 578. The predicted octanol–water partition coefficient (Wildman–Crippen LogP) is 2.16. The van der Waals surface area contributed by atoms with Crippen LogP contribution in [0.1, 0.15) is 6.92 Å². The van der Waals surface area contributed by atoms with Gasteiger partial charge in [-0.1, -0.05) is 0 Å². The molecular formula is C9H7N3O3S. The fourth-order valence-electron chi connectivity index (χ4n) is 1.39. The van der Waals surface area contributed by atoms with Gasteiger partial charge >= 0.3 is 5.69 Å². The van der Waals surface area contributed by atoms with Crippen LogP contribution in [0.25, 0.3) is 10.2 Å². The number of hydrogen-bond donors (Lipinski definition) is 1. The molecular weight excluding hydrogens is 230 g/mol. The number of aromatic nitrogens is 1. The molecule has 0 spiro atoms. The first-order valence-electron chi connectivity index (χ1n) is 4.38. The number of nitro groups is 1. The molecule has 0 aliphatic heterocycles. The third kappa shape index (κ3) is 1.72. The molecule has 7 heteroatoms. The molecule has 1 aromatic carbocycles. The summed E-state index contributed by atoms with van der Waals surface area (Å²) in [7, 11) is 0. The molecule has 1 N–H and O–H groups in total. The van der Waals surface area contributed by atoms with Gasteiger partial charge in [0.05, 0.1) is 15.1 Å². The first-order valence-corrected chi connectivity index (χ1v) is 5.25. The minimum atomic E-state index is -0.534. The van der Waals surface area contributed by atoms with Crippen LogP contribution in [0.5, 0.6) is 0 Å². The highest BCUT2D eigenvalue weighted by molar-refractivity contribution is 7.16. The van der Waals surface area contributed by atoms with Gasteiger partial charge in [0.25, 0.3) is 0 Å². The van der Waals surface area contributed by atoms with E-state index in [4.69, 9.17) is 0 Å². The SMILES string of the molecule is CC(=O)Nc1ccc2scnc2c1[N+](=O)[O-]. The summed E-state index contributed by atoms with van der Waals surface area (Å²) in [6.45, 7) is 1.30. The van der Waals surface area contributed by atoms with Gasteiger partial charge in [-0.25, -0.2) is 4.98 Å². The Morgan fingerprint density at radius 1 is 1.56 bits per heavy atom. The molecule has 0 saturated carbocycles. The smallest absolute Gasteiger partial charge is 0.319 e. The van der Waals surface area contributed by atoms with Gasteiger partial charge in [0, 0.05) is 6.92 Å². The third-order valence-electron chi connectivity index (χ3n) is 1.97. The lowest BCUT2D eigenvalue weighted by atomic mass is 10.2. The maximum Gasteiger partial charge on any atom is 0.319 e. The Morgan fingerprint density at radius 3 is 2.94 bits per heavy atom. The van der Waals surface area contributed by atoms with E-state index in [0.717, 1.165) is 4.70 Å². The number of carbonyl (C=O) groups excluding carboxylic acids is 1. The fraction of sp³-hybridized carbons (Fsp3) is 0.111. The third-order valence-corrected chi connectivity index (χ3v) is 2.76. The summed E-state index contributed by atoms with van der Waals surface area (Å²) in [6, 6.07) is 3.21. The van der Waals surface area contributed by atoms with Gasteiger partial charge in [0.15, 0.2) is 5.52 Å². The van der Waals surface area contributed by atoms with Gasteiger partial charge in [0.2, 0.25) is 5.91 Å². The molecule has 1 amide bonds. The van der Waals surface area contributed by atoms with Crippen molar-refractivity contribution in [3.63, 3.8) is 0 Å². The summed E-state index contributed by atoms with van der Waals surface area (Å²) in [5.74, 6) is -0.349. The first kappa shape index (κ1) is 10.5. The molecule has 16 heavy (non-hydrogen) atoms. The Hall–Kier alpha value is -2.02. The topological polar surface area (TPSA) is 85.1 Å². The van der Waals surface area contributed by atoms with E-state index in [0.29, 0.717) is 5.52 Å². The van der Waals surface area contributed by atoms with E-state index in [1.807, 2.05) is 0 Å². The van der Waals surface area contributed by atoms with Crippen LogP contribution in [-0.4, -0.2) is 15.8 Å². The number of nitro benzene ring substituents is 1. The zero-order valence-corrected chi connectivity index (χ0v) is 9.08. The number of benzene rings is 1. The predicted molar refractivity (Wildman–Crippen MR) is 60.6 cm³/mol. The van der Waals surface area contributed by atoms with Gasteiger partial charge in [-0.3, -0.25) is 14.9 Å². The molecule has 6 nitrogen and oxygen atoms in total. The maximum absolute atomic E-state index is 10.9. The number of carbonyl (C=O) groups is 1. The Kier molecular flexibility index (Phi) is 2.53. The molecule has 1 heterocycles. The van der Waals surface area contributed by atoms with Crippen molar-refractivity contribution in [2.75, 3.05) is 5.32 Å². The van der Waals surface area contributed by atoms with Crippen molar-refractivity contribution in [3.8, 4) is 0 Å². The average molecular weight is 237 g/mol. The summed E-state index contributed by atoms with van der Waals surface area (Å²) >= 11 is 1.32. The summed E-state index contributed by atoms with van der Waals surface area (Å²) < 4.78 is 0.723. The van der Waals surface area contributed by atoms with Gasteiger partial charge in [-0.05, 0) is 12.1 Å². The lowest BCUT2D eigenvalue weighted by Crippen LogP contribution is -2.08. The molecule has 2 rings (SSSR count). The highest BCUT2D eigenvalue weighted by Gasteiger charge is 2.20. The second-order valence-corrected chi connectivity index (χ2v) is 3.99. The Labute approximate surface area is 94.1 Å². The highest BCUT2D eigenvalue weighted by atomic mass is 32.1. The number of thiazole rings is 1. The van der Waals surface area contributed by atoms with Crippen molar-refractivity contribution < 1.29 is 9.72 Å². The van der Waals surface area contributed by atoms with Gasteiger partial charge < -0.3 is 5.32 Å².